The summed E-state index contributed by atoms with van der Waals surface area (Å²) in [5, 5.41) is 0.199. The van der Waals surface area contributed by atoms with Gasteiger partial charge in [-0.15, -0.1) is 0 Å². The van der Waals surface area contributed by atoms with Gasteiger partial charge in [-0.2, -0.15) is 26.6 Å². The van der Waals surface area contributed by atoms with E-state index in [1.54, 1.807) is 6.26 Å². The molecule has 1 heterocycles. The van der Waals surface area contributed by atoms with Crippen LogP contribution in [-0.4, -0.2) is 30.1 Å². The standard InChI is InChI=1S/C19H19F3N2O3S2/c1-28-17-23-15-11-18(8-6-12-4-2-3-5-13(12)10-18)9-7-14(15)16(24-17)27-29(25,26)19(20,21)22/h2-5H,6-11H2,1H3/t18-/m1/s1. The minimum Gasteiger partial charge on any atom is -0.355 e. The molecule has 1 atom stereocenters. The highest BCUT2D eigenvalue weighted by atomic mass is 32.2. The van der Waals surface area contributed by atoms with Crippen molar-refractivity contribution in [2.75, 3.05) is 6.26 Å². The molecule has 2 aliphatic rings. The maximum atomic E-state index is 12.8. The average molecular weight is 445 g/mol. The van der Waals surface area contributed by atoms with Crippen molar-refractivity contribution in [1.82, 2.24) is 9.97 Å². The maximum absolute atomic E-state index is 12.8. The van der Waals surface area contributed by atoms with Crippen LogP contribution < -0.4 is 4.18 Å². The molecule has 1 aromatic carbocycles. The van der Waals surface area contributed by atoms with E-state index < -0.39 is 21.5 Å². The van der Waals surface area contributed by atoms with E-state index in [4.69, 9.17) is 0 Å². The Hall–Kier alpha value is -1.81. The van der Waals surface area contributed by atoms with Gasteiger partial charge >= 0.3 is 15.6 Å². The van der Waals surface area contributed by atoms with Crippen LogP contribution in [0, 0.1) is 5.41 Å². The summed E-state index contributed by atoms with van der Waals surface area (Å²) in [6.07, 6.45) is 6.12. The number of alkyl halides is 3. The average Bonchev–Trinajstić information content (AvgIpc) is 2.66. The lowest BCUT2D eigenvalue weighted by molar-refractivity contribution is -0.0502. The Morgan fingerprint density at radius 3 is 2.45 bits per heavy atom. The van der Waals surface area contributed by atoms with Gasteiger partial charge < -0.3 is 4.18 Å². The molecule has 0 N–H and O–H groups in total. The van der Waals surface area contributed by atoms with Crippen LogP contribution in [0.2, 0.25) is 0 Å². The third-order valence-electron chi connectivity index (χ3n) is 5.75. The van der Waals surface area contributed by atoms with Crippen molar-refractivity contribution in [3.63, 3.8) is 0 Å². The van der Waals surface area contributed by atoms with E-state index in [-0.39, 0.29) is 10.6 Å². The Kier molecular flexibility index (Phi) is 5.05. The lowest BCUT2D eigenvalue weighted by Crippen LogP contribution is -2.36. The number of hydrogen-bond donors (Lipinski definition) is 0. The largest absolute Gasteiger partial charge is 0.534 e. The van der Waals surface area contributed by atoms with Crippen LogP contribution in [0.5, 0.6) is 5.88 Å². The summed E-state index contributed by atoms with van der Waals surface area (Å²) < 4.78 is 65.9. The number of hydrogen-bond acceptors (Lipinski definition) is 6. The lowest BCUT2D eigenvalue weighted by Gasteiger charge is -2.41. The summed E-state index contributed by atoms with van der Waals surface area (Å²) in [5.74, 6) is -0.497. The van der Waals surface area contributed by atoms with Crippen molar-refractivity contribution in [3.8, 4) is 5.88 Å². The van der Waals surface area contributed by atoms with Gasteiger partial charge in [0.1, 0.15) is 0 Å². The molecule has 10 heteroatoms. The first kappa shape index (κ1) is 20.5. The quantitative estimate of drug-likeness (QED) is 0.307. The predicted molar refractivity (Wildman–Crippen MR) is 102 cm³/mol. The highest BCUT2D eigenvalue weighted by molar-refractivity contribution is 7.98. The summed E-state index contributed by atoms with van der Waals surface area (Å²) in [6.45, 7) is 0. The number of nitrogens with zero attached hydrogens (tertiary/aromatic N) is 2. The van der Waals surface area contributed by atoms with Crippen molar-refractivity contribution in [3.05, 3.63) is 46.6 Å². The number of rotatable bonds is 3. The fraction of sp³-hybridized carbons (Fsp3) is 0.474. The van der Waals surface area contributed by atoms with Crippen LogP contribution in [0.3, 0.4) is 0 Å². The molecule has 29 heavy (non-hydrogen) atoms. The van der Waals surface area contributed by atoms with Gasteiger partial charge in [-0.3, -0.25) is 0 Å². The van der Waals surface area contributed by atoms with Gasteiger partial charge in [0, 0.05) is 5.56 Å². The smallest absolute Gasteiger partial charge is 0.355 e. The van der Waals surface area contributed by atoms with Gasteiger partial charge in [-0.25, -0.2) is 4.98 Å². The Labute approximate surface area is 171 Å². The van der Waals surface area contributed by atoms with E-state index in [0.29, 0.717) is 24.1 Å². The van der Waals surface area contributed by atoms with Crippen molar-refractivity contribution in [2.45, 2.75) is 49.2 Å². The monoisotopic (exact) mass is 444 g/mol. The molecule has 0 bridgehead atoms. The molecule has 2 aliphatic carbocycles. The molecule has 0 unspecified atom stereocenters. The SMILES string of the molecule is CSc1nc2c(c(OS(=O)(=O)C(F)(F)F)n1)CC[C@@]1(CCc3ccccc3C1)C2. The highest BCUT2D eigenvalue weighted by Gasteiger charge is 2.49. The van der Waals surface area contributed by atoms with Crippen molar-refractivity contribution in [1.29, 1.82) is 0 Å². The van der Waals surface area contributed by atoms with Crippen LogP contribution >= 0.6 is 11.8 Å². The van der Waals surface area contributed by atoms with Crippen LogP contribution in [0.25, 0.3) is 0 Å². The lowest BCUT2D eigenvalue weighted by atomic mass is 9.63. The molecule has 1 spiro atoms. The van der Waals surface area contributed by atoms with E-state index in [1.807, 2.05) is 12.1 Å². The van der Waals surface area contributed by atoms with Crippen molar-refractivity contribution < 1.29 is 25.8 Å². The topological polar surface area (TPSA) is 69.2 Å². The summed E-state index contributed by atoms with van der Waals surface area (Å²) in [6, 6.07) is 8.27. The predicted octanol–water partition coefficient (Wildman–Crippen LogP) is 4.09. The van der Waals surface area contributed by atoms with Crippen LogP contribution in [0.15, 0.2) is 29.4 Å². The number of thioether (sulfide) groups is 1. The minimum absolute atomic E-state index is 0.0362. The first-order valence-corrected chi connectivity index (χ1v) is 11.8. The van der Waals surface area contributed by atoms with Crippen molar-refractivity contribution in [2.24, 2.45) is 5.41 Å². The third-order valence-corrected chi connectivity index (χ3v) is 7.24. The fourth-order valence-corrected chi connectivity index (χ4v) is 5.07. The molecule has 0 saturated carbocycles. The van der Waals surface area contributed by atoms with Gasteiger partial charge in [0.2, 0.25) is 5.88 Å². The van der Waals surface area contributed by atoms with Gasteiger partial charge in [0.15, 0.2) is 5.16 Å². The summed E-state index contributed by atoms with van der Waals surface area (Å²) in [5.41, 5.74) is -1.98. The summed E-state index contributed by atoms with van der Waals surface area (Å²) >= 11 is 1.13. The van der Waals surface area contributed by atoms with E-state index in [0.717, 1.165) is 37.4 Å². The maximum Gasteiger partial charge on any atom is 0.534 e. The second-order valence-corrected chi connectivity index (χ2v) is 9.86. The number of fused-ring (bicyclic) bond motifs is 2. The minimum atomic E-state index is -5.78. The van der Waals surface area contributed by atoms with Crippen LogP contribution in [-0.2, 0) is 35.8 Å². The Morgan fingerprint density at radius 1 is 1.07 bits per heavy atom. The highest BCUT2D eigenvalue weighted by Crippen LogP contribution is 2.46. The first-order valence-electron chi connectivity index (χ1n) is 9.14. The fourth-order valence-electron chi connectivity index (χ4n) is 4.26. The molecule has 5 nitrogen and oxygen atoms in total. The molecule has 0 amide bonds. The molecular weight excluding hydrogens is 425 g/mol. The number of halogens is 3. The molecule has 1 aromatic heterocycles. The van der Waals surface area contributed by atoms with Crippen LogP contribution in [0.1, 0.15) is 35.2 Å². The zero-order chi connectivity index (χ0) is 20.9. The number of aromatic nitrogens is 2. The molecular formula is C19H19F3N2O3S2. The molecule has 0 saturated heterocycles. The molecule has 2 aromatic rings. The molecule has 0 aliphatic heterocycles. The molecule has 0 fully saturated rings. The van der Waals surface area contributed by atoms with Gasteiger partial charge in [0.05, 0.1) is 5.69 Å². The Morgan fingerprint density at radius 2 is 1.76 bits per heavy atom. The summed E-state index contributed by atoms with van der Waals surface area (Å²) in [4.78, 5) is 8.41. The third kappa shape index (κ3) is 3.84. The number of aryl methyl sites for hydroxylation is 1. The van der Waals surface area contributed by atoms with E-state index in [9.17, 15) is 21.6 Å². The normalized spacial score (nSPS) is 21.5. The Balaban J connectivity index is 1.69. The molecule has 156 valence electrons. The molecule has 4 rings (SSSR count). The van der Waals surface area contributed by atoms with Gasteiger partial charge in [-0.05, 0) is 61.3 Å². The second-order valence-electron chi connectivity index (χ2n) is 7.55. The van der Waals surface area contributed by atoms with Gasteiger partial charge in [0.25, 0.3) is 0 Å². The Bertz CT molecular complexity index is 1060. The van der Waals surface area contributed by atoms with Gasteiger partial charge in [-0.1, -0.05) is 36.0 Å². The first-order chi connectivity index (χ1) is 13.6. The summed E-state index contributed by atoms with van der Waals surface area (Å²) in [7, 11) is -5.78. The zero-order valence-electron chi connectivity index (χ0n) is 15.6. The van der Waals surface area contributed by atoms with E-state index in [1.165, 1.54) is 11.1 Å². The number of benzene rings is 1. The van der Waals surface area contributed by atoms with E-state index in [2.05, 4.69) is 26.3 Å². The van der Waals surface area contributed by atoms with E-state index >= 15 is 0 Å². The molecule has 0 radical (unpaired) electrons. The van der Waals surface area contributed by atoms with Crippen molar-refractivity contribution >= 4 is 21.9 Å². The zero-order valence-corrected chi connectivity index (χ0v) is 17.3. The van der Waals surface area contributed by atoms with Crippen LogP contribution in [0.4, 0.5) is 13.2 Å². The second kappa shape index (κ2) is 7.16.